The summed E-state index contributed by atoms with van der Waals surface area (Å²) in [5, 5.41) is 13.4. The number of carbonyl (C=O) groups is 1. The van der Waals surface area contributed by atoms with Gasteiger partial charge in [-0.05, 0) is 49.0 Å². The van der Waals surface area contributed by atoms with Gasteiger partial charge in [-0.25, -0.2) is 4.39 Å². The SMILES string of the molecule is CC(NC(=O)C1(O)CCSCC1)c1ccc(F)cc1Cl. The molecule has 1 heterocycles. The third-order valence-corrected chi connectivity index (χ3v) is 4.83. The molecule has 0 aliphatic carbocycles. The van der Waals surface area contributed by atoms with Crippen LogP contribution >= 0.6 is 23.4 Å². The second-order valence-corrected chi connectivity index (χ2v) is 6.64. The molecule has 110 valence electrons. The van der Waals surface area contributed by atoms with Crippen LogP contribution in [0.2, 0.25) is 5.02 Å². The van der Waals surface area contributed by atoms with Crippen LogP contribution in [0.25, 0.3) is 0 Å². The van der Waals surface area contributed by atoms with Gasteiger partial charge in [0, 0.05) is 5.02 Å². The number of carbonyl (C=O) groups excluding carboxylic acids is 1. The predicted molar refractivity (Wildman–Crippen MR) is 79.5 cm³/mol. The number of hydrogen-bond donors (Lipinski definition) is 2. The average Bonchev–Trinajstić information content (AvgIpc) is 2.39. The van der Waals surface area contributed by atoms with Gasteiger partial charge in [0.2, 0.25) is 0 Å². The third-order valence-electron chi connectivity index (χ3n) is 3.52. The molecule has 0 radical (unpaired) electrons. The van der Waals surface area contributed by atoms with Gasteiger partial charge >= 0.3 is 0 Å². The standard InChI is InChI=1S/C14H17ClFNO2S/c1-9(11-3-2-10(16)8-12(11)15)17-13(18)14(19)4-6-20-7-5-14/h2-3,8-9,19H,4-7H2,1H3,(H,17,18). The minimum absolute atomic E-state index is 0.268. The van der Waals surface area contributed by atoms with E-state index in [2.05, 4.69) is 5.32 Å². The van der Waals surface area contributed by atoms with Crippen molar-refractivity contribution in [1.29, 1.82) is 0 Å². The zero-order valence-corrected chi connectivity index (χ0v) is 12.7. The fourth-order valence-corrected chi connectivity index (χ4v) is 3.70. The van der Waals surface area contributed by atoms with Crippen LogP contribution in [-0.2, 0) is 4.79 Å². The van der Waals surface area contributed by atoms with Crippen molar-refractivity contribution in [2.45, 2.75) is 31.4 Å². The molecule has 0 saturated carbocycles. The van der Waals surface area contributed by atoms with Gasteiger partial charge in [0.25, 0.3) is 5.91 Å². The maximum atomic E-state index is 13.0. The summed E-state index contributed by atoms with van der Waals surface area (Å²) >= 11 is 7.70. The van der Waals surface area contributed by atoms with Gasteiger partial charge in [-0.2, -0.15) is 11.8 Å². The molecular weight excluding hydrogens is 301 g/mol. The number of nitrogens with one attached hydrogen (secondary N) is 1. The minimum atomic E-state index is -1.30. The van der Waals surface area contributed by atoms with Gasteiger partial charge in [0.15, 0.2) is 0 Å². The van der Waals surface area contributed by atoms with Gasteiger partial charge in [-0.3, -0.25) is 4.79 Å². The smallest absolute Gasteiger partial charge is 0.252 e. The van der Waals surface area contributed by atoms with Gasteiger partial charge < -0.3 is 10.4 Å². The highest BCUT2D eigenvalue weighted by Crippen LogP contribution is 2.29. The molecule has 1 unspecified atom stereocenters. The first kappa shape index (κ1) is 15.6. The quantitative estimate of drug-likeness (QED) is 0.901. The number of amides is 1. The molecule has 1 aliphatic rings. The molecule has 0 bridgehead atoms. The number of halogens is 2. The Morgan fingerprint density at radius 1 is 1.50 bits per heavy atom. The molecule has 6 heteroatoms. The fourth-order valence-electron chi connectivity index (χ4n) is 2.20. The van der Waals surface area contributed by atoms with Gasteiger partial charge in [0.05, 0.1) is 6.04 Å². The van der Waals surface area contributed by atoms with E-state index in [-0.39, 0.29) is 17.0 Å². The lowest BCUT2D eigenvalue weighted by atomic mass is 9.95. The lowest BCUT2D eigenvalue weighted by Crippen LogP contribution is -2.49. The second-order valence-electron chi connectivity index (χ2n) is 5.00. The Bertz CT molecular complexity index is 506. The number of benzene rings is 1. The highest BCUT2D eigenvalue weighted by molar-refractivity contribution is 7.99. The van der Waals surface area contributed by atoms with E-state index < -0.39 is 11.4 Å². The minimum Gasteiger partial charge on any atom is -0.380 e. The zero-order chi connectivity index (χ0) is 14.8. The number of hydrogen-bond acceptors (Lipinski definition) is 3. The van der Waals surface area contributed by atoms with Crippen molar-refractivity contribution in [3.8, 4) is 0 Å². The fraction of sp³-hybridized carbons (Fsp3) is 0.500. The van der Waals surface area contributed by atoms with Crippen molar-refractivity contribution in [3.05, 3.63) is 34.6 Å². The van der Waals surface area contributed by atoms with Crippen LogP contribution in [-0.4, -0.2) is 28.1 Å². The Balaban J connectivity index is 2.07. The summed E-state index contributed by atoms with van der Waals surface area (Å²) in [6.07, 6.45) is 0.904. The van der Waals surface area contributed by atoms with Crippen LogP contribution in [0.15, 0.2) is 18.2 Å². The first-order valence-electron chi connectivity index (χ1n) is 6.48. The van der Waals surface area contributed by atoms with Crippen LogP contribution in [0.1, 0.15) is 31.4 Å². The second kappa shape index (κ2) is 6.33. The van der Waals surface area contributed by atoms with Crippen molar-refractivity contribution >= 4 is 29.3 Å². The summed E-state index contributed by atoms with van der Waals surface area (Å²) in [7, 11) is 0. The molecule has 1 fully saturated rings. The van der Waals surface area contributed by atoms with E-state index in [1.807, 2.05) is 0 Å². The molecule has 2 rings (SSSR count). The molecule has 0 aromatic heterocycles. The molecule has 0 spiro atoms. The van der Waals surface area contributed by atoms with E-state index in [0.717, 1.165) is 11.5 Å². The number of thioether (sulfide) groups is 1. The topological polar surface area (TPSA) is 49.3 Å². The molecule has 20 heavy (non-hydrogen) atoms. The van der Waals surface area contributed by atoms with E-state index in [1.165, 1.54) is 12.1 Å². The van der Waals surface area contributed by atoms with Gasteiger partial charge in [-0.15, -0.1) is 0 Å². The van der Waals surface area contributed by atoms with Gasteiger partial charge in [-0.1, -0.05) is 17.7 Å². The number of rotatable bonds is 3. The summed E-state index contributed by atoms with van der Waals surface area (Å²) in [5.74, 6) is 0.747. The first-order chi connectivity index (χ1) is 9.42. The van der Waals surface area contributed by atoms with Crippen LogP contribution in [0.3, 0.4) is 0 Å². The van der Waals surface area contributed by atoms with Crippen LogP contribution in [0, 0.1) is 5.82 Å². The van der Waals surface area contributed by atoms with Gasteiger partial charge in [0.1, 0.15) is 11.4 Å². The van der Waals surface area contributed by atoms with Crippen LogP contribution < -0.4 is 5.32 Å². The van der Waals surface area contributed by atoms with E-state index >= 15 is 0 Å². The number of aliphatic hydroxyl groups is 1. The largest absolute Gasteiger partial charge is 0.380 e. The molecule has 2 N–H and O–H groups in total. The van der Waals surface area contributed by atoms with E-state index in [9.17, 15) is 14.3 Å². The Morgan fingerprint density at radius 3 is 2.75 bits per heavy atom. The van der Waals surface area contributed by atoms with Crippen molar-refractivity contribution < 1.29 is 14.3 Å². The molecule has 1 saturated heterocycles. The van der Waals surface area contributed by atoms with Crippen LogP contribution in [0.5, 0.6) is 0 Å². The molecular formula is C14H17ClFNO2S. The molecule has 1 aromatic carbocycles. The van der Waals surface area contributed by atoms with Crippen molar-refractivity contribution in [1.82, 2.24) is 5.32 Å². The normalized spacial score (nSPS) is 19.4. The maximum absolute atomic E-state index is 13.0. The Labute approximate surface area is 126 Å². The summed E-state index contributed by atoms with van der Waals surface area (Å²) in [6.45, 7) is 1.76. The average molecular weight is 318 g/mol. The van der Waals surface area contributed by atoms with Crippen LogP contribution in [0.4, 0.5) is 4.39 Å². The summed E-state index contributed by atoms with van der Waals surface area (Å²) in [5.41, 5.74) is -0.665. The predicted octanol–water partition coefficient (Wildman–Crippen LogP) is 2.91. The van der Waals surface area contributed by atoms with E-state index in [0.29, 0.717) is 18.4 Å². The van der Waals surface area contributed by atoms with Crippen molar-refractivity contribution in [2.24, 2.45) is 0 Å². The Morgan fingerprint density at radius 2 is 2.15 bits per heavy atom. The third kappa shape index (κ3) is 3.45. The first-order valence-corrected chi connectivity index (χ1v) is 8.02. The molecule has 1 atom stereocenters. The monoisotopic (exact) mass is 317 g/mol. The van der Waals surface area contributed by atoms with Crippen molar-refractivity contribution in [3.63, 3.8) is 0 Å². The van der Waals surface area contributed by atoms with Crippen molar-refractivity contribution in [2.75, 3.05) is 11.5 Å². The zero-order valence-electron chi connectivity index (χ0n) is 11.2. The highest BCUT2D eigenvalue weighted by atomic mass is 35.5. The lowest BCUT2D eigenvalue weighted by Gasteiger charge is -2.31. The Kier molecular flexibility index (Phi) is 4.94. The summed E-state index contributed by atoms with van der Waals surface area (Å²) < 4.78 is 13.0. The Hall–Kier alpha value is -0.780. The summed E-state index contributed by atoms with van der Waals surface area (Å²) in [6, 6.07) is 3.68. The maximum Gasteiger partial charge on any atom is 0.252 e. The molecule has 1 amide bonds. The molecule has 3 nitrogen and oxygen atoms in total. The molecule has 1 aliphatic heterocycles. The molecule has 1 aromatic rings. The van der Waals surface area contributed by atoms with E-state index in [1.54, 1.807) is 24.8 Å². The summed E-state index contributed by atoms with van der Waals surface area (Å²) in [4.78, 5) is 12.2. The van der Waals surface area contributed by atoms with E-state index in [4.69, 9.17) is 11.6 Å². The highest BCUT2D eigenvalue weighted by Gasteiger charge is 2.38. The lowest BCUT2D eigenvalue weighted by molar-refractivity contribution is -0.141.